The minimum absolute atomic E-state index is 0.0119. The van der Waals surface area contributed by atoms with Crippen LogP contribution in [-0.4, -0.2) is 35.3 Å². The first-order chi connectivity index (χ1) is 22.6. The Labute approximate surface area is 282 Å². The van der Waals surface area contributed by atoms with Crippen molar-refractivity contribution < 1.29 is 28.7 Å². The zero-order valence-electron chi connectivity index (χ0n) is 26.2. The molecule has 1 atom stereocenters. The van der Waals surface area contributed by atoms with Crippen LogP contribution in [0.1, 0.15) is 50.4 Å². The number of nitro benzene ring substituents is 1. The Kier molecular flexibility index (Phi) is 10.6. The molecule has 0 spiro atoms. The van der Waals surface area contributed by atoms with Crippen LogP contribution in [0.2, 0.25) is 0 Å². The van der Waals surface area contributed by atoms with Crippen molar-refractivity contribution in [3.05, 3.63) is 123 Å². The number of halogens is 1. The lowest BCUT2D eigenvalue weighted by molar-refractivity contribution is -0.384. The summed E-state index contributed by atoms with van der Waals surface area (Å²) in [4.78, 5) is 42.9. The Balaban J connectivity index is 1.51. The quantitative estimate of drug-likeness (QED) is 0.101. The standard InChI is InChI=1S/C34H32BrN3O8S/c1-5-43-27-15-11-23(18-28(27)44-6-2)31-30(33(40)45-7-3)20(4)36-34-37(31)32(39)29(47-34)17-22-10-14-26(25(35)16-22)46-19-21-8-12-24(13-9-21)38(41)42/h8-18,31H,5-7,19H2,1-4H3/b29-17-/t31-/m1/s1. The van der Waals surface area contributed by atoms with E-state index < -0.39 is 16.9 Å². The third kappa shape index (κ3) is 7.31. The maximum Gasteiger partial charge on any atom is 0.338 e. The van der Waals surface area contributed by atoms with Crippen molar-refractivity contribution in [2.45, 2.75) is 40.3 Å². The van der Waals surface area contributed by atoms with Crippen molar-refractivity contribution >= 4 is 45.0 Å². The average Bonchev–Trinajstić information content (AvgIpc) is 3.35. The Hall–Kier alpha value is -4.75. The molecule has 0 saturated carbocycles. The number of allylic oxidation sites excluding steroid dienone is 1. The third-order valence-electron chi connectivity index (χ3n) is 7.20. The number of esters is 1. The summed E-state index contributed by atoms with van der Waals surface area (Å²) in [5.74, 6) is 1.09. The molecule has 0 N–H and O–H groups in total. The lowest BCUT2D eigenvalue weighted by Gasteiger charge is -2.25. The normalized spacial score (nSPS) is 14.3. The number of ether oxygens (including phenoxy) is 4. The maximum atomic E-state index is 14.1. The molecule has 0 unspecified atom stereocenters. The summed E-state index contributed by atoms with van der Waals surface area (Å²) in [6, 6.07) is 16.2. The highest BCUT2D eigenvalue weighted by atomic mass is 79.9. The van der Waals surface area contributed by atoms with Gasteiger partial charge in [-0.25, -0.2) is 9.79 Å². The summed E-state index contributed by atoms with van der Waals surface area (Å²) >= 11 is 4.77. The molecule has 3 aromatic carbocycles. The zero-order chi connectivity index (χ0) is 33.7. The van der Waals surface area contributed by atoms with Crippen molar-refractivity contribution in [2.24, 2.45) is 4.99 Å². The van der Waals surface area contributed by atoms with Crippen molar-refractivity contribution in [1.82, 2.24) is 4.57 Å². The number of carbonyl (C=O) groups excluding carboxylic acids is 1. The lowest BCUT2D eigenvalue weighted by atomic mass is 9.95. The van der Waals surface area contributed by atoms with Crippen LogP contribution in [0.5, 0.6) is 17.2 Å². The van der Waals surface area contributed by atoms with Crippen LogP contribution in [0.25, 0.3) is 6.08 Å². The number of thiazole rings is 1. The summed E-state index contributed by atoms with van der Waals surface area (Å²) in [5, 5.41) is 10.9. The van der Waals surface area contributed by atoms with Gasteiger partial charge in [0.2, 0.25) is 0 Å². The number of hydrogen-bond acceptors (Lipinski definition) is 10. The fraction of sp³-hybridized carbons (Fsp3) is 0.265. The van der Waals surface area contributed by atoms with Gasteiger partial charge in [0, 0.05) is 12.1 Å². The molecule has 2 heterocycles. The molecule has 1 aliphatic rings. The van der Waals surface area contributed by atoms with Gasteiger partial charge in [0.1, 0.15) is 12.4 Å². The van der Waals surface area contributed by atoms with Gasteiger partial charge in [-0.15, -0.1) is 0 Å². The van der Waals surface area contributed by atoms with E-state index in [1.165, 1.54) is 28.0 Å². The molecule has 0 radical (unpaired) electrons. The van der Waals surface area contributed by atoms with E-state index in [0.717, 1.165) is 11.1 Å². The molecule has 0 amide bonds. The van der Waals surface area contributed by atoms with Crippen molar-refractivity contribution in [2.75, 3.05) is 19.8 Å². The maximum absolute atomic E-state index is 14.1. The number of fused-ring (bicyclic) bond motifs is 1. The molecule has 5 rings (SSSR count). The van der Waals surface area contributed by atoms with Crippen molar-refractivity contribution in [3.8, 4) is 17.2 Å². The van der Waals surface area contributed by atoms with Gasteiger partial charge in [0.05, 0.1) is 51.1 Å². The number of nitrogens with zero attached hydrogens (tertiary/aromatic N) is 3. The summed E-state index contributed by atoms with van der Waals surface area (Å²) in [6.07, 6.45) is 1.76. The molecule has 13 heteroatoms. The Morgan fingerprint density at radius 3 is 2.34 bits per heavy atom. The summed E-state index contributed by atoms with van der Waals surface area (Å²) in [6.45, 7) is 8.46. The minimum atomic E-state index is -0.802. The molecule has 0 saturated heterocycles. The minimum Gasteiger partial charge on any atom is -0.490 e. The number of nitro groups is 1. The first-order valence-corrected chi connectivity index (χ1v) is 16.5. The average molecular weight is 723 g/mol. The van der Waals surface area contributed by atoms with Crippen LogP contribution in [0, 0.1) is 10.1 Å². The Morgan fingerprint density at radius 2 is 1.68 bits per heavy atom. The van der Waals surface area contributed by atoms with Crippen molar-refractivity contribution in [3.63, 3.8) is 0 Å². The van der Waals surface area contributed by atoms with Crippen LogP contribution >= 0.6 is 27.3 Å². The number of rotatable bonds is 12. The molecule has 1 aliphatic heterocycles. The van der Waals surface area contributed by atoms with E-state index in [2.05, 4.69) is 20.9 Å². The van der Waals surface area contributed by atoms with Gasteiger partial charge >= 0.3 is 5.97 Å². The van der Waals surface area contributed by atoms with E-state index in [-0.39, 0.29) is 30.0 Å². The Bertz CT molecular complexity index is 2040. The third-order valence-corrected chi connectivity index (χ3v) is 8.80. The van der Waals surface area contributed by atoms with Crippen LogP contribution < -0.4 is 29.1 Å². The SMILES string of the molecule is CCOC(=O)C1=C(C)N=c2s/c(=C\c3ccc(OCc4ccc([N+](=O)[O-])cc4)c(Br)c3)c(=O)n2[C@@H]1c1ccc(OCC)c(OCC)c1. The van der Waals surface area contributed by atoms with Gasteiger partial charge in [-0.1, -0.05) is 23.5 Å². The summed E-state index contributed by atoms with van der Waals surface area (Å²) in [7, 11) is 0. The monoisotopic (exact) mass is 721 g/mol. The van der Waals surface area contributed by atoms with Gasteiger partial charge in [0.25, 0.3) is 11.2 Å². The molecular weight excluding hydrogens is 690 g/mol. The lowest BCUT2D eigenvalue weighted by Crippen LogP contribution is -2.40. The summed E-state index contributed by atoms with van der Waals surface area (Å²) < 4.78 is 25.5. The number of aromatic nitrogens is 1. The molecular formula is C34H32BrN3O8S. The number of benzene rings is 3. The van der Waals surface area contributed by atoms with E-state index in [1.807, 2.05) is 32.0 Å². The molecule has 11 nitrogen and oxygen atoms in total. The van der Waals surface area contributed by atoms with Crippen LogP contribution in [0.4, 0.5) is 5.69 Å². The Morgan fingerprint density at radius 1 is 0.979 bits per heavy atom. The van der Waals surface area contributed by atoms with E-state index in [4.69, 9.17) is 18.9 Å². The highest BCUT2D eigenvalue weighted by Crippen LogP contribution is 2.36. The smallest absolute Gasteiger partial charge is 0.338 e. The number of non-ortho nitro benzene ring substituents is 1. The number of carbonyl (C=O) groups is 1. The van der Waals surface area contributed by atoms with Gasteiger partial charge < -0.3 is 18.9 Å². The first kappa shape index (κ1) is 33.6. The van der Waals surface area contributed by atoms with Gasteiger partial charge in [-0.05, 0) is 103 Å². The first-order valence-electron chi connectivity index (χ1n) is 14.9. The largest absolute Gasteiger partial charge is 0.490 e. The van der Waals surface area contributed by atoms with Gasteiger partial charge in [0.15, 0.2) is 16.3 Å². The molecule has 47 heavy (non-hydrogen) atoms. The van der Waals surface area contributed by atoms with E-state index >= 15 is 0 Å². The number of hydrogen-bond donors (Lipinski definition) is 0. The predicted molar refractivity (Wildman–Crippen MR) is 181 cm³/mol. The molecule has 244 valence electrons. The van der Waals surface area contributed by atoms with E-state index in [0.29, 0.717) is 55.5 Å². The molecule has 1 aromatic heterocycles. The second kappa shape index (κ2) is 14.8. The predicted octanol–water partition coefficient (Wildman–Crippen LogP) is 5.85. The highest BCUT2D eigenvalue weighted by Gasteiger charge is 2.34. The molecule has 4 aromatic rings. The van der Waals surface area contributed by atoms with Gasteiger partial charge in [-0.3, -0.25) is 19.5 Å². The second-order valence-corrected chi connectivity index (χ2v) is 12.1. The van der Waals surface area contributed by atoms with E-state index in [9.17, 15) is 19.7 Å². The topological polar surface area (TPSA) is 131 Å². The van der Waals surface area contributed by atoms with Crippen LogP contribution in [0.15, 0.2) is 86.2 Å². The van der Waals surface area contributed by atoms with Crippen LogP contribution in [0.3, 0.4) is 0 Å². The molecule has 0 bridgehead atoms. The van der Waals surface area contributed by atoms with Crippen molar-refractivity contribution in [1.29, 1.82) is 0 Å². The fourth-order valence-electron chi connectivity index (χ4n) is 5.09. The fourth-order valence-corrected chi connectivity index (χ4v) is 6.65. The molecule has 0 aliphatic carbocycles. The summed E-state index contributed by atoms with van der Waals surface area (Å²) in [5.41, 5.74) is 2.61. The highest BCUT2D eigenvalue weighted by molar-refractivity contribution is 9.10. The van der Waals surface area contributed by atoms with Crippen LogP contribution in [-0.2, 0) is 16.1 Å². The van der Waals surface area contributed by atoms with E-state index in [1.54, 1.807) is 50.3 Å². The molecule has 0 fully saturated rings. The zero-order valence-corrected chi connectivity index (χ0v) is 28.6. The second-order valence-electron chi connectivity index (χ2n) is 10.3. The van der Waals surface area contributed by atoms with Gasteiger partial charge in [-0.2, -0.15) is 0 Å².